The molecule has 3 rings (SSSR count). The van der Waals surface area contributed by atoms with Gasteiger partial charge in [-0.05, 0) is 18.6 Å². The van der Waals surface area contributed by atoms with Gasteiger partial charge >= 0.3 is 0 Å². The molecule has 0 aliphatic heterocycles. The van der Waals surface area contributed by atoms with Gasteiger partial charge in [0.15, 0.2) is 5.88 Å². The summed E-state index contributed by atoms with van der Waals surface area (Å²) in [6.45, 7) is 2.78. The van der Waals surface area contributed by atoms with Crippen molar-refractivity contribution in [2.24, 2.45) is 0 Å². The molecule has 0 spiro atoms. The largest absolute Gasteiger partial charge is 0.494 e. The fraction of sp³-hybridized carbons (Fsp3) is 0.200. The second-order valence-electron chi connectivity index (χ2n) is 4.77. The molecule has 21 heavy (non-hydrogen) atoms. The molecular formula is C15H16N4O2. The van der Waals surface area contributed by atoms with Gasteiger partial charge in [-0.3, -0.25) is 9.78 Å². The van der Waals surface area contributed by atoms with Gasteiger partial charge in [-0.1, -0.05) is 25.1 Å². The number of benzene rings is 1. The van der Waals surface area contributed by atoms with Crippen LogP contribution in [0, 0.1) is 0 Å². The number of H-pyrrole nitrogens is 1. The lowest BCUT2D eigenvalue weighted by atomic mass is 10.3. The molecule has 6 heteroatoms. The molecule has 0 fully saturated rings. The van der Waals surface area contributed by atoms with Gasteiger partial charge in [-0.2, -0.15) is 5.10 Å². The SMILES string of the molecule is CCCNc1c2c(=O)[nH]c(O)cc2nn1-c1ccccc1. The zero-order chi connectivity index (χ0) is 14.8. The lowest BCUT2D eigenvalue weighted by Crippen LogP contribution is -2.11. The Balaban J connectivity index is 2.28. The average Bonchev–Trinajstić information content (AvgIpc) is 2.84. The Hall–Kier alpha value is -2.76. The van der Waals surface area contributed by atoms with Crippen molar-refractivity contribution in [1.82, 2.24) is 14.8 Å². The third-order valence-electron chi connectivity index (χ3n) is 3.20. The number of pyridine rings is 1. The van der Waals surface area contributed by atoms with E-state index in [0.29, 0.717) is 16.7 Å². The highest BCUT2D eigenvalue weighted by Gasteiger charge is 2.16. The third kappa shape index (κ3) is 2.35. The summed E-state index contributed by atoms with van der Waals surface area (Å²) in [7, 11) is 0. The van der Waals surface area contributed by atoms with Crippen LogP contribution in [0.5, 0.6) is 5.88 Å². The summed E-state index contributed by atoms with van der Waals surface area (Å²) in [5.41, 5.74) is 0.954. The molecule has 0 atom stereocenters. The maximum atomic E-state index is 12.1. The minimum absolute atomic E-state index is 0.188. The number of hydrogen-bond acceptors (Lipinski definition) is 4. The molecule has 0 bridgehead atoms. The first-order chi connectivity index (χ1) is 10.2. The fourth-order valence-electron chi connectivity index (χ4n) is 2.27. The summed E-state index contributed by atoms with van der Waals surface area (Å²) in [6, 6.07) is 11.0. The Kier molecular flexibility index (Phi) is 3.35. The fourth-order valence-corrected chi connectivity index (χ4v) is 2.27. The Bertz CT molecular complexity index is 821. The van der Waals surface area contributed by atoms with Crippen LogP contribution in [0.25, 0.3) is 16.6 Å². The molecular weight excluding hydrogens is 268 g/mol. The molecule has 0 radical (unpaired) electrons. The molecule has 1 aromatic carbocycles. The lowest BCUT2D eigenvalue weighted by Gasteiger charge is -2.09. The maximum Gasteiger partial charge on any atom is 0.264 e. The van der Waals surface area contributed by atoms with Crippen molar-refractivity contribution in [3.05, 3.63) is 46.8 Å². The van der Waals surface area contributed by atoms with Crippen LogP contribution < -0.4 is 10.9 Å². The third-order valence-corrected chi connectivity index (χ3v) is 3.20. The monoisotopic (exact) mass is 284 g/mol. The standard InChI is InChI=1S/C15H16N4O2/c1-2-8-16-14-13-11(9-12(20)17-15(13)21)18-19(14)10-6-4-3-5-7-10/h3-7,9,16,20H,2,8H2,1H3,(H,17,21). The van der Waals surface area contributed by atoms with E-state index < -0.39 is 0 Å². The topological polar surface area (TPSA) is 82.9 Å². The van der Waals surface area contributed by atoms with Crippen LogP contribution in [0.1, 0.15) is 13.3 Å². The highest BCUT2D eigenvalue weighted by molar-refractivity contribution is 5.90. The minimum Gasteiger partial charge on any atom is -0.494 e. The van der Waals surface area contributed by atoms with Crippen molar-refractivity contribution >= 4 is 16.7 Å². The zero-order valence-electron chi connectivity index (χ0n) is 11.6. The van der Waals surface area contributed by atoms with Gasteiger partial charge in [0.05, 0.1) is 5.69 Å². The molecule has 6 nitrogen and oxygen atoms in total. The molecule has 0 aliphatic carbocycles. The maximum absolute atomic E-state index is 12.1. The predicted molar refractivity (Wildman–Crippen MR) is 82.1 cm³/mol. The summed E-state index contributed by atoms with van der Waals surface area (Å²) in [5.74, 6) is 0.451. The molecule has 0 amide bonds. The van der Waals surface area contributed by atoms with Crippen LogP contribution in [-0.2, 0) is 0 Å². The number of para-hydroxylation sites is 1. The number of nitrogens with one attached hydrogen (secondary N) is 2. The summed E-state index contributed by atoms with van der Waals surface area (Å²) < 4.78 is 1.69. The molecule has 3 aromatic rings. The van der Waals surface area contributed by atoms with E-state index in [1.54, 1.807) is 4.68 Å². The van der Waals surface area contributed by atoms with Crippen molar-refractivity contribution in [3.63, 3.8) is 0 Å². The van der Waals surface area contributed by atoms with E-state index in [4.69, 9.17) is 0 Å². The van der Waals surface area contributed by atoms with Gasteiger partial charge in [0.2, 0.25) is 0 Å². The Morgan fingerprint density at radius 1 is 1.33 bits per heavy atom. The zero-order valence-corrected chi connectivity index (χ0v) is 11.6. The number of nitrogens with zero attached hydrogens (tertiary/aromatic N) is 2. The normalized spacial score (nSPS) is 10.9. The van der Waals surface area contributed by atoms with E-state index in [-0.39, 0.29) is 11.4 Å². The summed E-state index contributed by atoms with van der Waals surface area (Å²) >= 11 is 0. The second-order valence-corrected chi connectivity index (χ2v) is 4.77. The number of rotatable bonds is 4. The highest BCUT2D eigenvalue weighted by Crippen LogP contribution is 2.25. The van der Waals surface area contributed by atoms with Gasteiger partial charge in [-0.15, -0.1) is 0 Å². The number of aromatic hydroxyl groups is 1. The van der Waals surface area contributed by atoms with Crippen molar-refractivity contribution in [1.29, 1.82) is 0 Å². The smallest absolute Gasteiger partial charge is 0.264 e. The van der Waals surface area contributed by atoms with Gasteiger partial charge in [0.1, 0.15) is 16.7 Å². The van der Waals surface area contributed by atoms with E-state index >= 15 is 0 Å². The van der Waals surface area contributed by atoms with Crippen LogP contribution in [0.3, 0.4) is 0 Å². The van der Waals surface area contributed by atoms with Gasteiger partial charge in [0.25, 0.3) is 5.56 Å². The molecule has 0 saturated heterocycles. The van der Waals surface area contributed by atoms with Crippen LogP contribution in [-0.4, -0.2) is 26.4 Å². The Morgan fingerprint density at radius 2 is 2.10 bits per heavy atom. The van der Waals surface area contributed by atoms with Crippen molar-refractivity contribution < 1.29 is 5.11 Å². The van der Waals surface area contributed by atoms with Crippen molar-refractivity contribution in [2.75, 3.05) is 11.9 Å². The first-order valence-corrected chi connectivity index (χ1v) is 6.85. The molecule has 0 aliphatic rings. The number of anilines is 1. The number of aromatic nitrogens is 3. The van der Waals surface area contributed by atoms with E-state index in [0.717, 1.165) is 18.7 Å². The summed E-state index contributed by atoms with van der Waals surface area (Å²) in [4.78, 5) is 14.5. The average molecular weight is 284 g/mol. The van der Waals surface area contributed by atoms with E-state index in [1.165, 1.54) is 6.07 Å². The van der Waals surface area contributed by atoms with Gasteiger partial charge < -0.3 is 10.4 Å². The van der Waals surface area contributed by atoms with E-state index in [2.05, 4.69) is 22.3 Å². The van der Waals surface area contributed by atoms with Crippen LogP contribution in [0.2, 0.25) is 0 Å². The minimum atomic E-state index is -0.356. The quantitative estimate of drug-likeness (QED) is 0.686. The Labute approximate surface area is 121 Å². The van der Waals surface area contributed by atoms with E-state index in [1.807, 2.05) is 30.3 Å². The highest BCUT2D eigenvalue weighted by atomic mass is 16.3. The van der Waals surface area contributed by atoms with Gasteiger partial charge in [0, 0.05) is 12.6 Å². The summed E-state index contributed by atoms with van der Waals surface area (Å²) in [5, 5.41) is 17.7. The molecule has 2 heterocycles. The molecule has 3 N–H and O–H groups in total. The van der Waals surface area contributed by atoms with Crippen molar-refractivity contribution in [2.45, 2.75) is 13.3 Å². The van der Waals surface area contributed by atoms with Crippen LogP contribution >= 0.6 is 0 Å². The second kappa shape index (κ2) is 5.32. The lowest BCUT2D eigenvalue weighted by molar-refractivity contribution is 0.453. The van der Waals surface area contributed by atoms with E-state index in [9.17, 15) is 9.90 Å². The predicted octanol–water partition coefficient (Wildman–Crippen LogP) is 2.24. The number of fused-ring (bicyclic) bond motifs is 1. The Morgan fingerprint density at radius 3 is 2.81 bits per heavy atom. The number of hydrogen-bond donors (Lipinski definition) is 3. The first kappa shape index (κ1) is 13.2. The molecule has 0 saturated carbocycles. The molecule has 108 valence electrons. The summed E-state index contributed by atoms with van der Waals surface area (Å²) in [6.07, 6.45) is 0.928. The molecule has 0 unspecified atom stereocenters. The van der Waals surface area contributed by atoms with Crippen LogP contribution in [0.15, 0.2) is 41.2 Å². The molecule has 2 aromatic heterocycles. The van der Waals surface area contributed by atoms with Crippen LogP contribution in [0.4, 0.5) is 5.82 Å². The first-order valence-electron chi connectivity index (χ1n) is 6.85. The number of aromatic amines is 1. The van der Waals surface area contributed by atoms with Crippen molar-refractivity contribution in [3.8, 4) is 11.6 Å². The van der Waals surface area contributed by atoms with Gasteiger partial charge in [-0.25, -0.2) is 4.68 Å².